The van der Waals surface area contributed by atoms with Crippen molar-refractivity contribution >= 4 is 15.9 Å². The van der Waals surface area contributed by atoms with Crippen molar-refractivity contribution in [3.8, 4) is 0 Å². The molecule has 18 heavy (non-hydrogen) atoms. The van der Waals surface area contributed by atoms with E-state index in [4.69, 9.17) is 5.73 Å². The number of nitrogens with two attached hydrogens (primary N) is 1. The lowest BCUT2D eigenvalue weighted by Gasteiger charge is -2.11. The van der Waals surface area contributed by atoms with Gasteiger partial charge in [0, 0.05) is 18.7 Å². The molecule has 0 amide bonds. The summed E-state index contributed by atoms with van der Waals surface area (Å²) in [5.41, 5.74) is 5.90. The normalized spacial score (nSPS) is 11.8. The van der Waals surface area contributed by atoms with Crippen LogP contribution in [0.3, 0.4) is 0 Å². The van der Waals surface area contributed by atoms with Crippen molar-refractivity contribution in [1.29, 1.82) is 0 Å². The van der Waals surface area contributed by atoms with Crippen molar-refractivity contribution in [3.05, 3.63) is 29.6 Å². The lowest BCUT2D eigenvalue weighted by molar-refractivity contribution is 0.564. The molecule has 7 heteroatoms. The number of hydrogen-bond donors (Lipinski definition) is 3. The van der Waals surface area contributed by atoms with Crippen molar-refractivity contribution in [3.63, 3.8) is 0 Å². The van der Waals surface area contributed by atoms with E-state index in [-0.39, 0.29) is 23.7 Å². The number of halogens is 1. The minimum atomic E-state index is -3.63. The number of benzene rings is 1. The van der Waals surface area contributed by atoms with Crippen LogP contribution in [0.15, 0.2) is 18.2 Å². The van der Waals surface area contributed by atoms with Gasteiger partial charge in [0.1, 0.15) is 5.82 Å². The van der Waals surface area contributed by atoms with E-state index >= 15 is 0 Å². The second-order valence-electron chi connectivity index (χ2n) is 4.36. The van der Waals surface area contributed by atoms with E-state index in [9.17, 15) is 12.8 Å². The van der Waals surface area contributed by atoms with Gasteiger partial charge in [0.15, 0.2) is 0 Å². The van der Waals surface area contributed by atoms with E-state index in [1.807, 2.05) is 13.8 Å². The van der Waals surface area contributed by atoms with Gasteiger partial charge in [-0.15, -0.1) is 0 Å². The minimum absolute atomic E-state index is 0.0147. The molecule has 0 unspecified atom stereocenters. The third kappa shape index (κ3) is 4.59. The molecule has 0 atom stereocenters. The SMILES string of the molecule is CC(C)CNS(=O)(=O)Nc1ccc(F)c(CN)c1. The maximum absolute atomic E-state index is 13.2. The lowest BCUT2D eigenvalue weighted by atomic mass is 10.2. The Hall–Kier alpha value is -1.18. The van der Waals surface area contributed by atoms with Gasteiger partial charge in [-0.1, -0.05) is 13.8 Å². The Labute approximate surface area is 107 Å². The van der Waals surface area contributed by atoms with Crippen LogP contribution in [-0.2, 0) is 16.8 Å². The highest BCUT2D eigenvalue weighted by Gasteiger charge is 2.11. The first-order chi connectivity index (χ1) is 8.34. The van der Waals surface area contributed by atoms with Gasteiger partial charge in [-0.3, -0.25) is 4.72 Å². The summed E-state index contributed by atoms with van der Waals surface area (Å²) in [6.45, 7) is 4.14. The molecule has 0 saturated carbocycles. The fourth-order valence-electron chi connectivity index (χ4n) is 1.26. The van der Waals surface area contributed by atoms with E-state index in [1.54, 1.807) is 0 Å². The summed E-state index contributed by atoms with van der Waals surface area (Å²) in [5, 5.41) is 0. The van der Waals surface area contributed by atoms with Crippen molar-refractivity contribution in [2.24, 2.45) is 11.7 Å². The molecule has 0 aliphatic heterocycles. The molecule has 0 aromatic heterocycles. The Bertz CT molecular complexity index is 503. The summed E-state index contributed by atoms with van der Waals surface area (Å²) >= 11 is 0. The molecule has 4 N–H and O–H groups in total. The third-order valence-corrected chi connectivity index (χ3v) is 3.25. The van der Waals surface area contributed by atoms with Crippen LogP contribution < -0.4 is 15.2 Å². The zero-order valence-electron chi connectivity index (χ0n) is 10.4. The van der Waals surface area contributed by atoms with Crippen LogP contribution >= 0.6 is 0 Å². The zero-order valence-corrected chi connectivity index (χ0v) is 11.2. The first kappa shape index (κ1) is 14.9. The zero-order chi connectivity index (χ0) is 13.8. The van der Waals surface area contributed by atoms with E-state index < -0.39 is 16.0 Å². The van der Waals surface area contributed by atoms with E-state index in [0.29, 0.717) is 6.54 Å². The van der Waals surface area contributed by atoms with E-state index in [1.165, 1.54) is 18.2 Å². The number of anilines is 1. The molecular weight excluding hydrogens is 257 g/mol. The minimum Gasteiger partial charge on any atom is -0.326 e. The summed E-state index contributed by atoms with van der Waals surface area (Å²) in [6, 6.07) is 3.91. The maximum Gasteiger partial charge on any atom is 0.299 e. The lowest BCUT2D eigenvalue weighted by Crippen LogP contribution is -2.32. The second kappa shape index (κ2) is 6.12. The summed E-state index contributed by atoms with van der Waals surface area (Å²) in [4.78, 5) is 0. The van der Waals surface area contributed by atoms with Gasteiger partial charge in [0.25, 0.3) is 10.2 Å². The Morgan fingerprint density at radius 3 is 2.61 bits per heavy atom. The molecule has 0 bridgehead atoms. The third-order valence-electron chi connectivity index (χ3n) is 2.20. The van der Waals surface area contributed by atoms with Crippen molar-refractivity contribution < 1.29 is 12.8 Å². The number of nitrogens with one attached hydrogen (secondary N) is 2. The second-order valence-corrected chi connectivity index (χ2v) is 5.86. The number of hydrogen-bond acceptors (Lipinski definition) is 3. The highest BCUT2D eigenvalue weighted by Crippen LogP contribution is 2.15. The van der Waals surface area contributed by atoms with Gasteiger partial charge in [-0.25, -0.2) is 4.39 Å². The smallest absolute Gasteiger partial charge is 0.299 e. The van der Waals surface area contributed by atoms with Gasteiger partial charge in [0.05, 0.1) is 5.69 Å². The van der Waals surface area contributed by atoms with Crippen LogP contribution in [0.1, 0.15) is 19.4 Å². The highest BCUT2D eigenvalue weighted by atomic mass is 32.2. The van der Waals surface area contributed by atoms with Gasteiger partial charge >= 0.3 is 0 Å². The van der Waals surface area contributed by atoms with Gasteiger partial charge in [0.2, 0.25) is 0 Å². The Morgan fingerprint density at radius 2 is 2.06 bits per heavy atom. The fourth-order valence-corrected chi connectivity index (χ4v) is 2.32. The summed E-state index contributed by atoms with van der Waals surface area (Å²) in [6.07, 6.45) is 0. The van der Waals surface area contributed by atoms with Crippen LogP contribution in [0.5, 0.6) is 0 Å². The Morgan fingerprint density at radius 1 is 1.39 bits per heavy atom. The predicted octanol–water partition coefficient (Wildman–Crippen LogP) is 1.19. The van der Waals surface area contributed by atoms with Crippen LogP contribution in [0.2, 0.25) is 0 Å². The summed E-state index contributed by atoms with van der Waals surface area (Å²) < 4.78 is 41.2. The quantitative estimate of drug-likeness (QED) is 0.729. The van der Waals surface area contributed by atoms with Gasteiger partial charge in [-0.2, -0.15) is 13.1 Å². The molecule has 5 nitrogen and oxygen atoms in total. The van der Waals surface area contributed by atoms with E-state index in [2.05, 4.69) is 9.44 Å². The van der Waals surface area contributed by atoms with Crippen molar-refractivity contribution in [2.75, 3.05) is 11.3 Å². The topological polar surface area (TPSA) is 84.2 Å². The predicted molar refractivity (Wildman–Crippen MR) is 69.7 cm³/mol. The fraction of sp³-hybridized carbons (Fsp3) is 0.455. The molecule has 0 saturated heterocycles. The monoisotopic (exact) mass is 275 g/mol. The summed E-state index contributed by atoms with van der Waals surface area (Å²) in [5.74, 6) is -0.245. The molecule has 0 heterocycles. The molecule has 0 aliphatic carbocycles. The standard InChI is InChI=1S/C11H18FN3O2S/c1-8(2)7-14-18(16,17)15-10-3-4-11(12)9(5-10)6-13/h3-5,8,14-15H,6-7,13H2,1-2H3. The van der Waals surface area contributed by atoms with E-state index in [0.717, 1.165) is 0 Å². The molecular formula is C11H18FN3O2S. The largest absolute Gasteiger partial charge is 0.326 e. The first-order valence-corrected chi connectivity index (χ1v) is 7.08. The van der Waals surface area contributed by atoms with Crippen LogP contribution in [0, 0.1) is 11.7 Å². The molecule has 1 aromatic rings. The van der Waals surface area contributed by atoms with Gasteiger partial charge in [-0.05, 0) is 24.1 Å². The molecule has 0 fully saturated rings. The molecule has 0 radical (unpaired) electrons. The van der Waals surface area contributed by atoms with Gasteiger partial charge < -0.3 is 5.73 Å². The summed E-state index contributed by atoms with van der Waals surface area (Å²) in [7, 11) is -3.63. The average molecular weight is 275 g/mol. The first-order valence-electron chi connectivity index (χ1n) is 5.60. The maximum atomic E-state index is 13.2. The average Bonchev–Trinajstić information content (AvgIpc) is 2.29. The van der Waals surface area contributed by atoms with Crippen molar-refractivity contribution in [2.45, 2.75) is 20.4 Å². The van der Waals surface area contributed by atoms with Crippen molar-refractivity contribution in [1.82, 2.24) is 4.72 Å². The number of rotatable bonds is 6. The molecule has 0 spiro atoms. The Balaban J connectivity index is 2.78. The van der Waals surface area contributed by atoms with Crippen LogP contribution in [0.4, 0.5) is 10.1 Å². The Kier molecular flexibility index (Phi) is 5.06. The molecule has 1 aromatic carbocycles. The van der Waals surface area contributed by atoms with Crippen LogP contribution in [0.25, 0.3) is 0 Å². The molecule has 102 valence electrons. The molecule has 1 rings (SSSR count). The van der Waals surface area contributed by atoms with Crippen LogP contribution in [-0.4, -0.2) is 15.0 Å². The molecule has 0 aliphatic rings. The highest BCUT2D eigenvalue weighted by molar-refractivity contribution is 7.90.